The van der Waals surface area contributed by atoms with E-state index in [1.165, 1.54) is 17.1 Å². The van der Waals surface area contributed by atoms with Gasteiger partial charge in [0.05, 0.1) is 40.7 Å². The molecule has 0 bridgehead atoms. The summed E-state index contributed by atoms with van der Waals surface area (Å²) >= 11 is 5.88. The van der Waals surface area contributed by atoms with Crippen LogP contribution in [-0.2, 0) is 4.74 Å². The summed E-state index contributed by atoms with van der Waals surface area (Å²) in [5.41, 5.74) is 0.397. The summed E-state index contributed by atoms with van der Waals surface area (Å²) in [6.45, 7) is 4.77. The van der Waals surface area contributed by atoms with Crippen LogP contribution in [0.3, 0.4) is 0 Å². The van der Waals surface area contributed by atoms with Crippen LogP contribution in [0.5, 0.6) is 0 Å². The SMILES string of the molecule is C[C@@H]1CN(c2c(C=O)cc3c(-n4cc(Cl)cn4)noc3c2F)C[C@H](C)O1. The van der Waals surface area contributed by atoms with E-state index in [0.29, 0.717) is 29.8 Å². The second-order valence-electron chi connectivity index (χ2n) is 6.39. The Morgan fingerprint density at radius 1 is 1.35 bits per heavy atom. The molecule has 0 radical (unpaired) electrons. The fourth-order valence-electron chi connectivity index (χ4n) is 3.39. The molecule has 2 aromatic heterocycles. The van der Waals surface area contributed by atoms with Gasteiger partial charge in [-0.2, -0.15) is 5.10 Å². The minimum atomic E-state index is -0.622. The van der Waals surface area contributed by atoms with Crippen molar-refractivity contribution in [3.8, 4) is 5.82 Å². The number of halogens is 2. The Bertz CT molecular complexity index is 976. The van der Waals surface area contributed by atoms with Crippen LogP contribution in [0.15, 0.2) is 23.0 Å². The lowest BCUT2D eigenvalue weighted by Gasteiger charge is -2.37. The van der Waals surface area contributed by atoms with Gasteiger partial charge in [-0.3, -0.25) is 4.79 Å². The summed E-state index contributed by atoms with van der Waals surface area (Å²) in [7, 11) is 0. The van der Waals surface area contributed by atoms with E-state index in [1.807, 2.05) is 18.7 Å². The summed E-state index contributed by atoms with van der Waals surface area (Å²) in [4.78, 5) is 13.5. The average Bonchev–Trinajstić information content (AvgIpc) is 3.19. The molecule has 1 saturated heterocycles. The molecule has 0 amide bonds. The molecule has 3 aromatic rings. The molecule has 3 heterocycles. The van der Waals surface area contributed by atoms with Crippen LogP contribution in [0.2, 0.25) is 5.02 Å². The Hall–Kier alpha value is -2.45. The lowest BCUT2D eigenvalue weighted by Crippen LogP contribution is -2.46. The van der Waals surface area contributed by atoms with E-state index in [4.69, 9.17) is 20.9 Å². The van der Waals surface area contributed by atoms with Crippen molar-refractivity contribution in [3.05, 3.63) is 34.9 Å². The third-order valence-corrected chi connectivity index (χ3v) is 4.52. The molecule has 7 nitrogen and oxygen atoms in total. The number of morpholine rings is 1. The molecule has 1 aliphatic rings. The molecule has 2 atom stereocenters. The first-order chi connectivity index (χ1) is 12.5. The maximum atomic E-state index is 15.3. The van der Waals surface area contributed by atoms with Crippen molar-refractivity contribution >= 4 is 34.5 Å². The van der Waals surface area contributed by atoms with Crippen molar-refractivity contribution in [2.45, 2.75) is 26.1 Å². The van der Waals surface area contributed by atoms with Crippen LogP contribution >= 0.6 is 11.6 Å². The lowest BCUT2D eigenvalue weighted by molar-refractivity contribution is -0.00543. The second kappa shape index (κ2) is 6.37. The normalized spacial score (nSPS) is 20.7. The lowest BCUT2D eigenvalue weighted by atomic mass is 10.1. The number of aromatic nitrogens is 3. The van der Waals surface area contributed by atoms with Crippen molar-refractivity contribution in [1.82, 2.24) is 14.9 Å². The standard InChI is InChI=1S/C17H16ClFN4O3/c1-9-5-22(6-10(2)25-9)15-11(8-24)3-13-16(14(15)19)26-21-17(13)23-7-12(18)4-20-23/h3-4,7-10H,5-6H2,1-2H3/t9-,10+. The number of rotatable bonds is 3. The molecule has 26 heavy (non-hydrogen) atoms. The summed E-state index contributed by atoms with van der Waals surface area (Å²) < 4.78 is 27.6. The number of hydrogen-bond donors (Lipinski definition) is 0. The molecule has 0 unspecified atom stereocenters. The predicted octanol–water partition coefficient (Wildman–Crippen LogP) is 3.23. The maximum absolute atomic E-state index is 15.3. The number of anilines is 1. The number of aldehydes is 1. The number of hydrogen-bond acceptors (Lipinski definition) is 6. The van der Waals surface area contributed by atoms with E-state index in [-0.39, 0.29) is 34.9 Å². The Morgan fingerprint density at radius 3 is 2.69 bits per heavy atom. The van der Waals surface area contributed by atoms with Gasteiger partial charge in [0, 0.05) is 18.7 Å². The number of benzene rings is 1. The molecule has 1 fully saturated rings. The zero-order chi connectivity index (χ0) is 18.4. The van der Waals surface area contributed by atoms with E-state index in [1.54, 1.807) is 6.07 Å². The van der Waals surface area contributed by atoms with E-state index in [9.17, 15) is 4.79 Å². The fourth-order valence-corrected chi connectivity index (χ4v) is 3.52. The van der Waals surface area contributed by atoms with Gasteiger partial charge >= 0.3 is 0 Å². The van der Waals surface area contributed by atoms with Gasteiger partial charge in [-0.15, -0.1) is 0 Å². The third kappa shape index (κ3) is 2.75. The molecule has 0 aliphatic carbocycles. The maximum Gasteiger partial charge on any atom is 0.206 e. The Labute approximate surface area is 153 Å². The number of carbonyl (C=O) groups is 1. The predicted molar refractivity (Wildman–Crippen MR) is 93.7 cm³/mol. The Balaban J connectivity index is 1.87. The van der Waals surface area contributed by atoms with Crippen molar-refractivity contribution in [3.63, 3.8) is 0 Å². The highest BCUT2D eigenvalue weighted by molar-refractivity contribution is 6.30. The molecule has 0 N–H and O–H groups in total. The number of fused-ring (bicyclic) bond motifs is 1. The van der Waals surface area contributed by atoms with Crippen molar-refractivity contribution in [1.29, 1.82) is 0 Å². The van der Waals surface area contributed by atoms with E-state index in [2.05, 4.69) is 10.3 Å². The average molecular weight is 379 g/mol. The van der Waals surface area contributed by atoms with Crippen molar-refractivity contribution in [2.24, 2.45) is 0 Å². The van der Waals surface area contributed by atoms with Crippen molar-refractivity contribution < 1.29 is 18.4 Å². The summed E-state index contributed by atoms with van der Waals surface area (Å²) in [6, 6.07) is 1.56. The van der Waals surface area contributed by atoms with Gasteiger partial charge < -0.3 is 14.2 Å². The van der Waals surface area contributed by atoms with Crippen LogP contribution in [0.25, 0.3) is 16.8 Å². The number of ether oxygens (including phenoxy) is 1. The number of nitrogens with zero attached hydrogens (tertiary/aromatic N) is 4. The van der Waals surface area contributed by atoms with Gasteiger partial charge in [-0.1, -0.05) is 16.8 Å². The summed E-state index contributed by atoms with van der Waals surface area (Å²) in [6.07, 6.45) is 3.44. The molecule has 136 valence electrons. The van der Waals surface area contributed by atoms with Crippen LogP contribution in [-0.4, -0.2) is 46.5 Å². The van der Waals surface area contributed by atoms with Gasteiger partial charge in [-0.25, -0.2) is 9.07 Å². The Kier molecular flexibility index (Phi) is 4.16. The summed E-state index contributed by atoms with van der Waals surface area (Å²) in [5, 5.41) is 8.71. The monoisotopic (exact) mass is 378 g/mol. The zero-order valence-electron chi connectivity index (χ0n) is 14.1. The molecule has 1 aliphatic heterocycles. The molecule has 1 aromatic carbocycles. The van der Waals surface area contributed by atoms with Gasteiger partial charge in [0.1, 0.15) is 0 Å². The second-order valence-corrected chi connectivity index (χ2v) is 6.83. The molecular formula is C17H16ClFN4O3. The van der Waals surface area contributed by atoms with Gasteiger partial charge in [0.15, 0.2) is 12.1 Å². The summed E-state index contributed by atoms with van der Waals surface area (Å²) in [5.74, 6) is -0.355. The van der Waals surface area contributed by atoms with Crippen LogP contribution in [0.4, 0.5) is 10.1 Å². The van der Waals surface area contributed by atoms with Gasteiger partial charge in [0.2, 0.25) is 11.4 Å². The minimum Gasteiger partial charge on any atom is -0.372 e. The van der Waals surface area contributed by atoms with Crippen LogP contribution in [0, 0.1) is 5.82 Å². The van der Waals surface area contributed by atoms with Crippen LogP contribution in [0.1, 0.15) is 24.2 Å². The van der Waals surface area contributed by atoms with E-state index < -0.39 is 5.82 Å². The molecule has 0 spiro atoms. The molecule has 4 rings (SSSR count). The quantitative estimate of drug-likeness (QED) is 0.651. The van der Waals surface area contributed by atoms with Gasteiger partial charge in [0.25, 0.3) is 0 Å². The Morgan fingerprint density at radius 2 is 2.08 bits per heavy atom. The molecular weight excluding hydrogens is 363 g/mol. The van der Waals surface area contributed by atoms with Crippen LogP contribution < -0.4 is 4.90 Å². The first kappa shape index (κ1) is 17.0. The first-order valence-corrected chi connectivity index (χ1v) is 8.53. The fraction of sp³-hybridized carbons (Fsp3) is 0.353. The largest absolute Gasteiger partial charge is 0.372 e. The third-order valence-electron chi connectivity index (χ3n) is 4.32. The highest BCUT2D eigenvalue weighted by Crippen LogP contribution is 2.35. The van der Waals surface area contributed by atoms with E-state index >= 15 is 4.39 Å². The molecule has 9 heteroatoms. The topological polar surface area (TPSA) is 73.4 Å². The number of carbonyl (C=O) groups excluding carboxylic acids is 1. The highest BCUT2D eigenvalue weighted by Gasteiger charge is 2.29. The molecule has 0 saturated carbocycles. The smallest absolute Gasteiger partial charge is 0.206 e. The zero-order valence-corrected chi connectivity index (χ0v) is 14.9. The highest BCUT2D eigenvalue weighted by atomic mass is 35.5. The van der Waals surface area contributed by atoms with Crippen molar-refractivity contribution in [2.75, 3.05) is 18.0 Å². The minimum absolute atomic E-state index is 0.0287. The van der Waals surface area contributed by atoms with Gasteiger partial charge in [-0.05, 0) is 19.9 Å². The first-order valence-electron chi connectivity index (χ1n) is 8.16. The van der Waals surface area contributed by atoms with E-state index in [0.717, 1.165) is 0 Å².